The smallest absolute Gasteiger partial charge is 0.305 e. The van der Waals surface area contributed by atoms with Crippen LogP contribution in [-0.2, 0) is 9.53 Å². The van der Waals surface area contributed by atoms with Gasteiger partial charge in [-0.15, -0.1) is 0 Å². The molecular formula is C12H19N3O2. The van der Waals surface area contributed by atoms with Gasteiger partial charge in [-0.1, -0.05) is 0 Å². The average molecular weight is 237 g/mol. The predicted octanol–water partition coefficient (Wildman–Crippen LogP) is 1.93. The number of aryl methyl sites for hydroxylation is 1. The zero-order valence-corrected chi connectivity index (χ0v) is 10.6. The molecule has 17 heavy (non-hydrogen) atoms. The van der Waals surface area contributed by atoms with Gasteiger partial charge in [-0.05, 0) is 33.3 Å². The second-order valence-electron chi connectivity index (χ2n) is 3.91. The number of esters is 1. The number of ether oxygens (including phenoxy) is 1. The quantitative estimate of drug-likeness (QED) is 0.766. The molecule has 0 fully saturated rings. The molecule has 5 nitrogen and oxygen atoms in total. The van der Waals surface area contributed by atoms with Crippen LogP contribution in [0, 0.1) is 6.92 Å². The van der Waals surface area contributed by atoms with E-state index in [1.54, 1.807) is 13.1 Å². The molecule has 0 aliphatic carbocycles. The number of aromatic nitrogens is 2. The van der Waals surface area contributed by atoms with Gasteiger partial charge in [0.2, 0.25) is 5.95 Å². The third-order valence-corrected chi connectivity index (χ3v) is 2.26. The molecule has 1 aromatic rings. The molecule has 0 radical (unpaired) electrons. The molecule has 0 spiro atoms. The van der Waals surface area contributed by atoms with Crippen molar-refractivity contribution < 1.29 is 9.53 Å². The van der Waals surface area contributed by atoms with Crippen LogP contribution in [0.2, 0.25) is 0 Å². The van der Waals surface area contributed by atoms with Gasteiger partial charge in [0, 0.05) is 24.4 Å². The van der Waals surface area contributed by atoms with Crippen molar-refractivity contribution in [1.29, 1.82) is 0 Å². The molecule has 1 heterocycles. The van der Waals surface area contributed by atoms with E-state index < -0.39 is 0 Å². The number of carbonyl (C=O) groups is 1. The Morgan fingerprint density at radius 2 is 2.35 bits per heavy atom. The molecule has 1 aromatic heterocycles. The van der Waals surface area contributed by atoms with Gasteiger partial charge in [0.05, 0.1) is 6.61 Å². The van der Waals surface area contributed by atoms with Crippen molar-refractivity contribution in [2.24, 2.45) is 0 Å². The second kappa shape index (κ2) is 6.83. The Balaban J connectivity index is 2.34. The zero-order chi connectivity index (χ0) is 12.7. The summed E-state index contributed by atoms with van der Waals surface area (Å²) in [6.45, 7) is 6.14. The summed E-state index contributed by atoms with van der Waals surface area (Å²) in [6, 6.07) is 1.98. The summed E-state index contributed by atoms with van der Waals surface area (Å²) < 4.78 is 4.86. The summed E-state index contributed by atoms with van der Waals surface area (Å²) in [7, 11) is 0. The highest BCUT2D eigenvalue weighted by molar-refractivity contribution is 5.69. The Kier molecular flexibility index (Phi) is 5.39. The first-order chi connectivity index (χ1) is 8.11. The first-order valence-electron chi connectivity index (χ1n) is 5.83. The molecule has 5 heteroatoms. The monoisotopic (exact) mass is 237 g/mol. The fourth-order valence-electron chi connectivity index (χ4n) is 1.38. The Bertz CT molecular complexity index is 369. The molecule has 0 saturated carbocycles. The van der Waals surface area contributed by atoms with E-state index in [9.17, 15) is 4.79 Å². The Morgan fingerprint density at radius 1 is 1.59 bits per heavy atom. The predicted molar refractivity (Wildman–Crippen MR) is 65.7 cm³/mol. The van der Waals surface area contributed by atoms with Crippen LogP contribution in [0.25, 0.3) is 0 Å². The molecule has 0 saturated heterocycles. The van der Waals surface area contributed by atoms with Crippen LogP contribution in [0.15, 0.2) is 12.3 Å². The number of nitrogens with one attached hydrogen (secondary N) is 1. The number of anilines is 1. The Labute approximate surface area is 102 Å². The summed E-state index contributed by atoms with van der Waals surface area (Å²) in [6.07, 6.45) is 2.83. The number of nitrogens with zero attached hydrogens (tertiary/aromatic N) is 2. The van der Waals surface area contributed by atoms with E-state index in [0.29, 0.717) is 25.4 Å². The van der Waals surface area contributed by atoms with Gasteiger partial charge in [0.1, 0.15) is 0 Å². The van der Waals surface area contributed by atoms with Crippen LogP contribution >= 0.6 is 0 Å². The molecular weight excluding hydrogens is 218 g/mol. The molecule has 1 atom stereocenters. The normalized spacial score (nSPS) is 11.9. The van der Waals surface area contributed by atoms with Gasteiger partial charge in [0.25, 0.3) is 0 Å². The first kappa shape index (κ1) is 13.4. The maximum atomic E-state index is 11.2. The third-order valence-electron chi connectivity index (χ3n) is 2.26. The molecule has 94 valence electrons. The lowest BCUT2D eigenvalue weighted by Gasteiger charge is -2.13. The van der Waals surface area contributed by atoms with Gasteiger partial charge in [0.15, 0.2) is 0 Å². The fraction of sp³-hybridized carbons (Fsp3) is 0.583. The van der Waals surface area contributed by atoms with Crippen LogP contribution in [0.3, 0.4) is 0 Å². The second-order valence-corrected chi connectivity index (χ2v) is 3.91. The first-order valence-corrected chi connectivity index (χ1v) is 5.83. The topological polar surface area (TPSA) is 64.1 Å². The summed E-state index contributed by atoms with van der Waals surface area (Å²) in [4.78, 5) is 19.5. The molecule has 0 aliphatic rings. The highest BCUT2D eigenvalue weighted by atomic mass is 16.5. The summed E-state index contributed by atoms with van der Waals surface area (Å²) in [5.41, 5.74) is 0.917. The summed E-state index contributed by atoms with van der Waals surface area (Å²) in [5.74, 6) is 0.438. The van der Waals surface area contributed by atoms with Crippen LogP contribution in [-0.4, -0.2) is 28.6 Å². The van der Waals surface area contributed by atoms with E-state index >= 15 is 0 Å². The molecule has 0 bridgehead atoms. The van der Waals surface area contributed by atoms with Gasteiger partial charge in [-0.2, -0.15) is 0 Å². The summed E-state index contributed by atoms with van der Waals surface area (Å²) in [5, 5.41) is 3.15. The minimum absolute atomic E-state index is 0.140. The Hall–Kier alpha value is -1.65. The van der Waals surface area contributed by atoms with Crippen molar-refractivity contribution >= 4 is 11.9 Å². The molecule has 0 aliphatic heterocycles. The molecule has 0 amide bonds. The van der Waals surface area contributed by atoms with E-state index in [1.165, 1.54) is 0 Å². The van der Waals surface area contributed by atoms with Crippen molar-refractivity contribution in [3.8, 4) is 0 Å². The van der Waals surface area contributed by atoms with E-state index in [2.05, 4.69) is 15.3 Å². The van der Waals surface area contributed by atoms with E-state index in [-0.39, 0.29) is 12.0 Å². The van der Waals surface area contributed by atoms with Crippen molar-refractivity contribution in [3.63, 3.8) is 0 Å². The van der Waals surface area contributed by atoms with Crippen LogP contribution in [0.5, 0.6) is 0 Å². The molecule has 1 N–H and O–H groups in total. The minimum atomic E-state index is -0.161. The highest BCUT2D eigenvalue weighted by Gasteiger charge is 2.08. The van der Waals surface area contributed by atoms with Gasteiger partial charge in [-0.25, -0.2) is 9.97 Å². The maximum absolute atomic E-state index is 11.2. The third kappa shape index (κ3) is 5.29. The largest absolute Gasteiger partial charge is 0.466 e. The summed E-state index contributed by atoms with van der Waals surface area (Å²) >= 11 is 0. The van der Waals surface area contributed by atoms with Crippen molar-refractivity contribution in [3.05, 3.63) is 18.0 Å². The fourth-order valence-corrected chi connectivity index (χ4v) is 1.38. The molecule has 1 unspecified atom stereocenters. The van der Waals surface area contributed by atoms with Crippen LogP contribution in [0.4, 0.5) is 5.95 Å². The Morgan fingerprint density at radius 3 is 3.00 bits per heavy atom. The van der Waals surface area contributed by atoms with Crippen LogP contribution < -0.4 is 5.32 Å². The molecule has 0 aromatic carbocycles. The standard InChI is InChI=1S/C12H19N3O2/c1-4-17-11(16)6-5-9(2)14-12-13-8-7-10(3)15-12/h7-9H,4-6H2,1-3H3,(H,13,14,15). The highest BCUT2D eigenvalue weighted by Crippen LogP contribution is 2.06. The van der Waals surface area contributed by atoms with Crippen molar-refractivity contribution in [2.75, 3.05) is 11.9 Å². The number of rotatable bonds is 6. The van der Waals surface area contributed by atoms with E-state index in [1.807, 2.05) is 19.9 Å². The molecule has 1 rings (SSSR count). The van der Waals surface area contributed by atoms with Gasteiger partial charge in [-0.3, -0.25) is 4.79 Å². The van der Waals surface area contributed by atoms with Crippen molar-refractivity contribution in [2.45, 2.75) is 39.7 Å². The number of hydrogen-bond acceptors (Lipinski definition) is 5. The van der Waals surface area contributed by atoms with Gasteiger partial charge < -0.3 is 10.1 Å². The van der Waals surface area contributed by atoms with E-state index in [4.69, 9.17) is 4.74 Å². The lowest BCUT2D eigenvalue weighted by atomic mass is 10.2. The zero-order valence-electron chi connectivity index (χ0n) is 10.6. The lowest BCUT2D eigenvalue weighted by Crippen LogP contribution is -2.19. The SMILES string of the molecule is CCOC(=O)CCC(C)Nc1nccc(C)n1. The lowest BCUT2D eigenvalue weighted by molar-refractivity contribution is -0.143. The minimum Gasteiger partial charge on any atom is -0.466 e. The van der Waals surface area contributed by atoms with Crippen molar-refractivity contribution in [1.82, 2.24) is 9.97 Å². The van der Waals surface area contributed by atoms with Gasteiger partial charge >= 0.3 is 5.97 Å². The number of carbonyl (C=O) groups excluding carboxylic acids is 1. The average Bonchev–Trinajstić information content (AvgIpc) is 2.27. The van der Waals surface area contributed by atoms with Crippen LogP contribution in [0.1, 0.15) is 32.4 Å². The van der Waals surface area contributed by atoms with E-state index in [0.717, 1.165) is 5.69 Å². The number of hydrogen-bond donors (Lipinski definition) is 1. The maximum Gasteiger partial charge on any atom is 0.305 e.